The van der Waals surface area contributed by atoms with Gasteiger partial charge in [0.1, 0.15) is 6.54 Å². The minimum atomic E-state index is 0. The molecule has 0 radical (unpaired) electrons. The van der Waals surface area contributed by atoms with E-state index in [4.69, 9.17) is 5.73 Å². The number of aryl methyl sites for hydroxylation is 1. The summed E-state index contributed by atoms with van der Waals surface area (Å²) in [7, 11) is 1.71. The first-order chi connectivity index (χ1) is 9.54. The lowest BCUT2D eigenvalue weighted by atomic mass is 10.0. The van der Waals surface area contributed by atoms with E-state index in [9.17, 15) is 0 Å². The first-order valence-electron chi connectivity index (χ1n) is 6.44. The number of nitrogens with two attached hydrogens (primary N) is 1. The van der Waals surface area contributed by atoms with Crippen LogP contribution in [-0.2, 0) is 13.6 Å². The quantitative estimate of drug-likeness (QED) is 0.464. The molecule has 1 aromatic heterocycles. The molecule has 0 bridgehead atoms. The molecule has 2 aromatic rings. The maximum Gasteiger partial charge on any atom is 0.196 e. The number of anilines is 1. The molecule has 8 heteroatoms. The summed E-state index contributed by atoms with van der Waals surface area (Å²) in [4.78, 5) is 5.57. The van der Waals surface area contributed by atoms with E-state index in [-0.39, 0.29) is 24.0 Å². The van der Waals surface area contributed by atoms with Crippen LogP contribution in [0.1, 0.15) is 31.2 Å². The molecule has 0 amide bonds. The van der Waals surface area contributed by atoms with Gasteiger partial charge in [-0.1, -0.05) is 26.0 Å². The van der Waals surface area contributed by atoms with E-state index >= 15 is 0 Å². The predicted molar refractivity (Wildman–Crippen MR) is 93.7 cm³/mol. The van der Waals surface area contributed by atoms with Gasteiger partial charge < -0.3 is 11.1 Å². The van der Waals surface area contributed by atoms with Gasteiger partial charge in [0.15, 0.2) is 11.8 Å². The zero-order chi connectivity index (χ0) is 14.5. The molecule has 21 heavy (non-hydrogen) atoms. The number of tetrazole rings is 1. The summed E-state index contributed by atoms with van der Waals surface area (Å²) in [6, 6.07) is 8.10. The molecule has 0 aliphatic rings. The highest BCUT2D eigenvalue weighted by atomic mass is 127. The number of guanidine groups is 1. The molecule has 0 fully saturated rings. The van der Waals surface area contributed by atoms with Gasteiger partial charge in [0.25, 0.3) is 0 Å². The lowest BCUT2D eigenvalue weighted by Gasteiger charge is -2.09. The van der Waals surface area contributed by atoms with Gasteiger partial charge in [-0.2, -0.15) is 4.80 Å². The number of rotatable bonds is 4. The third-order valence-corrected chi connectivity index (χ3v) is 2.77. The first-order valence-corrected chi connectivity index (χ1v) is 6.44. The van der Waals surface area contributed by atoms with Crippen LogP contribution in [0.15, 0.2) is 29.3 Å². The molecule has 0 unspecified atom stereocenters. The van der Waals surface area contributed by atoms with Gasteiger partial charge in [-0.25, -0.2) is 4.99 Å². The van der Waals surface area contributed by atoms with E-state index in [0.717, 1.165) is 5.69 Å². The van der Waals surface area contributed by atoms with Crippen LogP contribution in [0, 0.1) is 0 Å². The Kier molecular flexibility index (Phi) is 6.53. The highest BCUT2D eigenvalue weighted by Crippen LogP contribution is 2.18. The maximum atomic E-state index is 5.84. The molecule has 0 aliphatic carbocycles. The lowest BCUT2D eigenvalue weighted by molar-refractivity contribution is 0.627. The third kappa shape index (κ3) is 5.29. The SMILES string of the molecule is CC(C)c1cccc(NC(N)=NCc2nnn(C)n2)c1.I. The largest absolute Gasteiger partial charge is 0.370 e. The van der Waals surface area contributed by atoms with Crippen LogP contribution in [0.25, 0.3) is 0 Å². The molecule has 0 atom stereocenters. The Balaban J connectivity index is 0.00000220. The first kappa shape index (κ1) is 17.3. The van der Waals surface area contributed by atoms with Crippen molar-refractivity contribution >= 4 is 35.6 Å². The summed E-state index contributed by atoms with van der Waals surface area (Å²) in [5, 5.41) is 14.7. The summed E-state index contributed by atoms with van der Waals surface area (Å²) in [5.41, 5.74) is 8.01. The second kappa shape index (κ2) is 7.91. The fraction of sp³-hybridized carbons (Fsp3) is 0.385. The molecule has 7 nitrogen and oxygen atoms in total. The fourth-order valence-electron chi connectivity index (χ4n) is 1.71. The molecule has 3 N–H and O–H groups in total. The van der Waals surface area contributed by atoms with E-state index in [1.807, 2.05) is 12.1 Å². The molecule has 114 valence electrons. The second-order valence-electron chi connectivity index (χ2n) is 4.80. The molecule has 0 saturated heterocycles. The summed E-state index contributed by atoms with van der Waals surface area (Å²) in [6.07, 6.45) is 0. The van der Waals surface area contributed by atoms with Crippen molar-refractivity contribution in [1.82, 2.24) is 20.2 Å². The fourth-order valence-corrected chi connectivity index (χ4v) is 1.71. The van der Waals surface area contributed by atoms with Crippen LogP contribution in [0.4, 0.5) is 5.69 Å². The number of aromatic nitrogens is 4. The van der Waals surface area contributed by atoms with E-state index < -0.39 is 0 Å². The Morgan fingerprint density at radius 1 is 1.43 bits per heavy atom. The normalized spacial score (nSPS) is 11.3. The lowest BCUT2D eigenvalue weighted by Crippen LogP contribution is -2.22. The molecule has 0 saturated carbocycles. The Morgan fingerprint density at radius 2 is 2.19 bits per heavy atom. The van der Waals surface area contributed by atoms with Crippen LogP contribution in [0.5, 0.6) is 0 Å². The van der Waals surface area contributed by atoms with Crippen LogP contribution in [-0.4, -0.2) is 26.2 Å². The van der Waals surface area contributed by atoms with Gasteiger partial charge in [0.05, 0.1) is 7.05 Å². The summed E-state index contributed by atoms with van der Waals surface area (Å²) < 4.78 is 0. The average molecular weight is 401 g/mol. The Bertz CT molecular complexity index is 606. The number of aliphatic imine (C=N–C) groups is 1. The monoisotopic (exact) mass is 401 g/mol. The maximum absolute atomic E-state index is 5.84. The molecule has 2 rings (SSSR count). The molecular weight excluding hydrogens is 381 g/mol. The standard InChI is InChI=1S/C13H19N7.HI/c1-9(2)10-5-4-6-11(7-10)16-13(14)15-8-12-17-19-20(3)18-12;/h4-7,9H,8H2,1-3H3,(H3,14,15,16);1H. The predicted octanol–water partition coefficient (Wildman–Crippen LogP) is 1.88. The topological polar surface area (TPSA) is 94.0 Å². The number of nitrogens with zero attached hydrogens (tertiary/aromatic N) is 5. The van der Waals surface area contributed by atoms with Crippen molar-refractivity contribution < 1.29 is 0 Å². The van der Waals surface area contributed by atoms with Crippen LogP contribution >= 0.6 is 24.0 Å². The van der Waals surface area contributed by atoms with Crippen molar-refractivity contribution in [3.63, 3.8) is 0 Å². The van der Waals surface area contributed by atoms with E-state index in [1.54, 1.807) is 7.05 Å². The second-order valence-corrected chi connectivity index (χ2v) is 4.80. The zero-order valence-electron chi connectivity index (χ0n) is 12.3. The number of hydrogen-bond donors (Lipinski definition) is 2. The van der Waals surface area contributed by atoms with Crippen molar-refractivity contribution in [2.75, 3.05) is 5.32 Å². The zero-order valence-corrected chi connectivity index (χ0v) is 14.6. The number of halogens is 1. The van der Waals surface area contributed by atoms with Gasteiger partial charge in [0.2, 0.25) is 0 Å². The molecule has 1 aromatic carbocycles. The summed E-state index contributed by atoms with van der Waals surface area (Å²) in [5.74, 6) is 1.34. The van der Waals surface area contributed by atoms with E-state index in [2.05, 4.69) is 51.7 Å². The van der Waals surface area contributed by atoms with E-state index in [1.165, 1.54) is 10.4 Å². The Hall–Kier alpha value is -1.71. The minimum Gasteiger partial charge on any atom is -0.370 e. The van der Waals surface area contributed by atoms with Gasteiger partial charge in [-0.05, 0) is 28.8 Å². The van der Waals surface area contributed by atoms with Gasteiger partial charge in [-0.3, -0.25) is 0 Å². The van der Waals surface area contributed by atoms with Crippen LogP contribution < -0.4 is 11.1 Å². The number of nitrogens with one attached hydrogen (secondary N) is 1. The summed E-state index contributed by atoms with van der Waals surface area (Å²) in [6.45, 7) is 4.60. The minimum absolute atomic E-state index is 0. The number of benzene rings is 1. The summed E-state index contributed by atoms with van der Waals surface area (Å²) >= 11 is 0. The molecule has 1 heterocycles. The van der Waals surface area contributed by atoms with Crippen molar-refractivity contribution in [1.29, 1.82) is 0 Å². The molecule has 0 spiro atoms. The molecular formula is C13H20IN7. The van der Waals surface area contributed by atoms with Crippen molar-refractivity contribution in [2.24, 2.45) is 17.8 Å². The third-order valence-electron chi connectivity index (χ3n) is 2.77. The van der Waals surface area contributed by atoms with Crippen LogP contribution in [0.2, 0.25) is 0 Å². The van der Waals surface area contributed by atoms with Gasteiger partial charge >= 0.3 is 0 Å². The number of hydrogen-bond acceptors (Lipinski definition) is 4. The van der Waals surface area contributed by atoms with Gasteiger partial charge in [0, 0.05) is 5.69 Å². The van der Waals surface area contributed by atoms with Crippen molar-refractivity contribution in [2.45, 2.75) is 26.3 Å². The highest BCUT2D eigenvalue weighted by Gasteiger charge is 2.02. The average Bonchev–Trinajstić information content (AvgIpc) is 2.82. The Labute approximate surface area is 141 Å². The highest BCUT2D eigenvalue weighted by molar-refractivity contribution is 14.0. The smallest absolute Gasteiger partial charge is 0.196 e. The van der Waals surface area contributed by atoms with Gasteiger partial charge in [-0.15, -0.1) is 34.2 Å². The van der Waals surface area contributed by atoms with E-state index in [0.29, 0.717) is 24.2 Å². The van der Waals surface area contributed by atoms with Crippen LogP contribution in [0.3, 0.4) is 0 Å². The Morgan fingerprint density at radius 3 is 2.81 bits per heavy atom. The van der Waals surface area contributed by atoms with Crippen molar-refractivity contribution in [3.05, 3.63) is 35.7 Å². The van der Waals surface area contributed by atoms with Crippen molar-refractivity contribution in [3.8, 4) is 0 Å². The molecule has 0 aliphatic heterocycles.